The van der Waals surface area contributed by atoms with E-state index in [0.29, 0.717) is 0 Å². The quantitative estimate of drug-likeness (QED) is 0.288. The third-order valence-electron chi connectivity index (χ3n) is 2.53. The highest BCUT2D eigenvalue weighted by Gasteiger charge is 2.12. The molecule has 0 radical (unpaired) electrons. The van der Waals surface area contributed by atoms with Gasteiger partial charge >= 0.3 is 11.9 Å². The summed E-state index contributed by atoms with van der Waals surface area (Å²) in [6.07, 6.45) is 8.24. The highest BCUT2D eigenvalue weighted by atomic mass is 16.5. The van der Waals surface area contributed by atoms with E-state index in [2.05, 4.69) is 13.2 Å². The largest absolute Gasteiger partial charge is 0.478 e. The van der Waals surface area contributed by atoms with Gasteiger partial charge in [0.1, 0.15) is 12.4 Å². The minimum absolute atomic E-state index is 0.0833. The molecule has 1 heterocycles. The molecule has 0 spiro atoms. The summed E-state index contributed by atoms with van der Waals surface area (Å²) in [6.45, 7) is 7.25. The first-order valence-electron chi connectivity index (χ1n) is 7.88. The number of hydrogen-bond acceptors (Lipinski definition) is 6. The second-order valence-electron chi connectivity index (χ2n) is 4.63. The summed E-state index contributed by atoms with van der Waals surface area (Å²) < 4.78 is 4.93. The Balaban J connectivity index is -0.000000264. The van der Waals surface area contributed by atoms with Crippen molar-refractivity contribution in [2.24, 2.45) is 0 Å². The molecule has 0 aromatic rings. The second-order valence-corrected chi connectivity index (χ2v) is 4.63. The van der Waals surface area contributed by atoms with Gasteiger partial charge in [0.15, 0.2) is 0 Å². The van der Waals surface area contributed by atoms with Gasteiger partial charge < -0.3 is 30.0 Å². The molecule has 1 unspecified atom stereocenters. The number of carbonyl (C=O) groups excluding carboxylic acids is 1. The molecule has 1 rings (SSSR count). The van der Waals surface area contributed by atoms with E-state index in [4.69, 9.17) is 25.2 Å². The van der Waals surface area contributed by atoms with Gasteiger partial charge in [-0.1, -0.05) is 26.0 Å². The molecular formula is C17H30O8. The summed E-state index contributed by atoms with van der Waals surface area (Å²) in [7, 11) is 0. The molecule has 25 heavy (non-hydrogen) atoms. The zero-order valence-electron chi connectivity index (χ0n) is 14.5. The van der Waals surface area contributed by atoms with Gasteiger partial charge in [0.05, 0.1) is 0 Å². The van der Waals surface area contributed by atoms with Crippen LogP contribution in [0.4, 0.5) is 0 Å². The highest BCUT2D eigenvalue weighted by Crippen LogP contribution is 2.08. The van der Waals surface area contributed by atoms with Crippen molar-refractivity contribution in [1.29, 1.82) is 0 Å². The van der Waals surface area contributed by atoms with Crippen LogP contribution < -0.4 is 0 Å². The molecule has 0 amide bonds. The Hall–Kier alpha value is -2.03. The number of carboxylic acid groups (broad SMARTS) is 2. The van der Waals surface area contributed by atoms with Crippen LogP contribution in [0.1, 0.15) is 38.5 Å². The molecule has 1 aliphatic rings. The molecule has 0 saturated carbocycles. The van der Waals surface area contributed by atoms with Crippen LogP contribution in [0.3, 0.4) is 0 Å². The van der Waals surface area contributed by atoms with E-state index in [9.17, 15) is 14.4 Å². The average molecular weight is 362 g/mol. The summed E-state index contributed by atoms with van der Waals surface area (Å²) in [5.41, 5.74) is 0. The third-order valence-corrected chi connectivity index (χ3v) is 2.53. The lowest BCUT2D eigenvalue weighted by Gasteiger charge is -1.93. The number of hydrogen-bond donors (Lipinski definition) is 4. The van der Waals surface area contributed by atoms with Crippen LogP contribution in [0.2, 0.25) is 0 Å². The first-order valence-corrected chi connectivity index (χ1v) is 7.88. The van der Waals surface area contributed by atoms with Crippen LogP contribution in [0.5, 0.6) is 0 Å². The van der Waals surface area contributed by atoms with Crippen molar-refractivity contribution < 1.29 is 39.5 Å². The van der Waals surface area contributed by atoms with Gasteiger partial charge in [-0.3, -0.25) is 0 Å². The lowest BCUT2D eigenvalue weighted by Crippen LogP contribution is -2.04. The van der Waals surface area contributed by atoms with E-state index in [1.165, 1.54) is 0 Å². The van der Waals surface area contributed by atoms with Crippen LogP contribution in [0.15, 0.2) is 25.3 Å². The Bertz CT molecular complexity index is 325. The molecule has 8 heteroatoms. The van der Waals surface area contributed by atoms with E-state index in [1.54, 1.807) is 0 Å². The summed E-state index contributed by atoms with van der Waals surface area (Å²) in [5.74, 6) is -1.96. The Kier molecular flexibility index (Phi) is 26.9. The van der Waals surface area contributed by atoms with Crippen molar-refractivity contribution in [2.45, 2.75) is 44.6 Å². The van der Waals surface area contributed by atoms with Crippen molar-refractivity contribution >= 4 is 18.2 Å². The number of carboxylic acids is 2. The maximum atomic E-state index is 9.88. The molecule has 1 fully saturated rings. The van der Waals surface area contributed by atoms with Crippen LogP contribution in [0.25, 0.3) is 0 Å². The fourth-order valence-corrected chi connectivity index (χ4v) is 1.29. The van der Waals surface area contributed by atoms with Gasteiger partial charge in [-0.05, 0) is 25.7 Å². The lowest BCUT2D eigenvalue weighted by atomic mass is 10.2. The molecule has 4 N–H and O–H groups in total. The van der Waals surface area contributed by atoms with Gasteiger partial charge in [0.2, 0.25) is 0 Å². The Morgan fingerprint density at radius 1 is 0.960 bits per heavy atom. The maximum absolute atomic E-state index is 9.88. The number of aliphatic hydroxyl groups excluding tert-OH is 2. The van der Waals surface area contributed by atoms with Crippen molar-refractivity contribution in [1.82, 2.24) is 0 Å². The summed E-state index contributed by atoms with van der Waals surface area (Å²) >= 11 is 0. The average Bonchev–Trinajstić information content (AvgIpc) is 3.14. The summed E-state index contributed by atoms with van der Waals surface area (Å²) in [4.78, 5) is 28.4. The number of aliphatic carboxylic acids is 2. The summed E-state index contributed by atoms with van der Waals surface area (Å²) in [5, 5.41) is 31.8. The Morgan fingerprint density at radius 2 is 1.36 bits per heavy atom. The van der Waals surface area contributed by atoms with Gasteiger partial charge in [-0.2, -0.15) is 0 Å². The number of carbonyl (C=O) groups is 3. The zero-order chi connectivity index (χ0) is 19.9. The van der Waals surface area contributed by atoms with Gasteiger partial charge in [0, 0.05) is 32.0 Å². The van der Waals surface area contributed by atoms with Crippen LogP contribution in [0, 0.1) is 0 Å². The zero-order valence-corrected chi connectivity index (χ0v) is 14.5. The first-order chi connectivity index (χ1) is 11.9. The van der Waals surface area contributed by atoms with E-state index in [1.807, 2.05) is 0 Å². The number of aliphatic hydroxyl groups is 2. The van der Waals surface area contributed by atoms with E-state index in [0.717, 1.165) is 63.6 Å². The number of ether oxygens (including phenoxy) is 1. The minimum atomic E-state index is -0.981. The third kappa shape index (κ3) is 34.4. The molecule has 8 nitrogen and oxygen atoms in total. The van der Waals surface area contributed by atoms with Crippen molar-refractivity contribution in [3.8, 4) is 0 Å². The monoisotopic (exact) mass is 362 g/mol. The van der Waals surface area contributed by atoms with E-state index >= 15 is 0 Å². The lowest BCUT2D eigenvalue weighted by molar-refractivity contribution is -0.132. The van der Waals surface area contributed by atoms with Crippen molar-refractivity contribution in [3.63, 3.8) is 0 Å². The molecule has 0 aromatic carbocycles. The van der Waals surface area contributed by atoms with Gasteiger partial charge in [-0.25, -0.2) is 9.59 Å². The molecular weight excluding hydrogens is 332 g/mol. The molecule has 0 aliphatic carbocycles. The molecule has 146 valence electrons. The predicted octanol–water partition coefficient (Wildman–Crippen LogP) is 1.41. The van der Waals surface area contributed by atoms with Crippen LogP contribution in [-0.4, -0.2) is 64.6 Å². The number of aldehydes is 1. The Labute approximate surface area is 148 Å². The fraction of sp³-hybridized carbons (Fsp3) is 0.588. The normalized spacial score (nSPS) is 14.2. The summed E-state index contributed by atoms with van der Waals surface area (Å²) in [6, 6.07) is 0. The first kappa shape index (κ1) is 27.8. The Morgan fingerprint density at radius 3 is 1.52 bits per heavy atom. The molecule has 0 aromatic heterocycles. The number of rotatable bonds is 8. The van der Waals surface area contributed by atoms with Crippen molar-refractivity contribution in [3.05, 3.63) is 25.3 Å². The van der Waals surface area contributed by atoms with Crippen LogP contribution >= 0.6 is 0 Å². The van der Waals surface area contributed by atoms with Crippen molar-refractivity contribution in [2.75, 3.05) is 19.8 Å². The van der Waals surface area contributed by atoms with Gasteiger partial charge in [0.25, 0.3) is 0 Å². The molecule has 0 bridgehead atoms. The smallest absolute Gasteiger partial charge is 0.327 e. The predicted molar refractivity (Wildman–Crippen MR) is 93.3 cm³/mol. The van der Waals surface area contributed by atoms with E-state index < -0.39 is 11.9 Å². The standard InChI is InChI=1S/C6H14O2.C5H8O2.2C3H4O2/c7-5-3-1-2-4-6-8;6-4-5-2-1-3-7-5;2*1-2-3(4)5/h7-8H,1-6H2;4-5H,1-3H2;2*2H,1H2,(H,4,5). The topological polar surface area (TPSA) is 141 Å². The fourth-order valence-electron chi connectivity index (χ4n) is 1.29. The van der Waals surface area contributed by atoms with E-state index in [-0.39, 0.29) is 19.3 Å². The molecule has 1 saturated heterocycles. The maximum Gasteiger partial charge on any atom is 0.327 e. The molecule has 1 aliphatic heterocycles. The molecule has 1 atom stereocenters. The highest BCUT2D eigenvalue weighted by molar-refractivity contribution is 5.79. The van der Waals surface area contributed by atoms with Crippen LogP contribution in [-0.2, 0) is 19.1 Å². The SMILES string of the molecule is C=CC(=O)O.C=CC(=O)O.O=CC1CCCO1.OCCCCCCO. The number of unbranched alkanes of at least 4 members (excludes halogenated alkanes) is 3. The van der Waals surface area contributed by atoms with Gasteiger partial charge in [-0.15, -0.1) is 0 Å². The minimum Gasteiger partial charge on any atom is -0.478 e. The second kappa shape index (κ2) is 24.2.